The van der Waals surface area contributed by atoms with Gasteiger partial charge in [0.15, 0.2) is 5.16 Å². The van der Waals surface area contributed by atoms with E-state index in [9.17, 15) is 13.2 Å². The van der Waals surface area contributed by atoms with Crippen molar-refractivity contribution in [2.24, 2.45) is 5.14 Å². The molecule has 3 aromatic rings. The molecule has 0 aliphatic carbocycles. The van der Waals surface area contributed by atoms with Crippen molar-refractivity contribution >= 4 is 61.9 Å². The van der Waals surface area contributed by atoms with Crippen LogP contribution in [0.25, 0.3) is 11.0 Å². The fraction of sp³-hybridized carbons (Fsp3) is 0.263. The number of aromatic nitrogens is 2. The molecule has 0 saturated heterocycles. The summed E-state index contributed by atoms with van der Waals surface area (Å²) in [6.45, 7) is 4.41. The van der Waals surface area contributed by atoms with Gasteiger partial charge in [0.05, 0.1) is 27.7 Å². The molecule has 160 valence electrons. The lowest BCUT2D eigenvalue weighted by atomic mass is 10.1. The number of aryl methyl sites for hydroxylation is 1. The van der Waals surface area contributed by atoms with Crippen LogP contribution in [0.4, 0.5) is 0 Å². The maximum absolute atomic E-state index is 12.4. The Bertz CT molecular complexity index is 1210. The number of amides is 1. The van der Waals surface area contributed by atoms with E-state index in [0.29, 0.717) is 27.3 Å². The Morgan fingerprint density at radius 1 is 1.27 bits per heavy atom. The quantitative estimate of drug-likeness (QED) is 0.491. The number of imidazole rings is 1. The molecule has 1 amide bonds. The second kappa shape index (κ2) is 9.15. The third-order valence-corrected chi connectivity index (χ3v) is 6.92. The number of benzene rings is 2. The molecule has 3 rings (SSSR count). The minimum Gasteiger partial charge on any atom is -0.349 e. The molecule has 7 nitrogen and oxygen atoms in total. The van der Waals surface area contributed by atoms with E-state index in [1.807, 2.05) is 18.4 Å². The van der Waals surface area contributed by atoms with E-state index in [-0.39, 0.29) is 22.6 Å². The van der Waals surface area contributed by atoms with Crippen molar-refractivity contribution < 1.29 is 13.2 Å². The second-order valence-electron chi connectivity index (χ2n) is 6.58. The molecule has 0 saturated carbocycles. The number of nitrogens with one attached hydrogen (secondary N) is 1. The number of carbonyl (C=O) groups is 1. The molecule has 0 bridgehead atoms. The van der Waals surface area contributed by atoms with Crippen LogP contribution in [0.1, 0.15) is 25.5 Å². The lowest BCUT2D eigenvalue weighted by Gasteiger charge is -2.16. The predicted molar refractivity (Wildman–Crippen MR) is 121 cm³/mol. The van der Waals surface area contributed by atoms with Gasteiger partial charge < -0.3 is 9.88 Å². The lowest BCUT2D eigenvalue weighted by Crippen LogP contribution is -2.28. The lowest BCUT2D eigenvalue weighted by molar-refractivity contribution is -0.119. The van der Waals surface area contributed by atoms with Gasteiger partial charge >= 0.3 is 0 Å². The number of hydrogen-bond acceptors (Lipinski definition) is 5. The Kier molecular flexibility index (Phi) is 6.98. The molecule has 0 fully saturated rings. The number of thioether (sulfide) groups is 1. The highest BCUT2D eigenvalue weighted by atomic mass is 35.5. The Morgan fingerprint density at radius 2 is 2.00 bits per heavy atom. The summed E-state index contributed by atoms with van der Waals surface area (Å²) in [5.74, 6) is -0.0422. The van der Waals surface area contributed by atoms with E-state index in [4.69, 9.17) is 28.3 Å². The summed E-state index contributed by atoms with van der Waals surface area (Å²) >= 11 is 13.4. The van der Waals surface area contributed by atoms with Gasteiger partial charge in [-0.25, -0.2) is 18.5 Å². The van der Waals surface area contributed by atoms with Crippen LogP contribution in [0.2, 0.25) is 10.0 Å². The van der Waals surface area contributed by atoms with E-state index in [0.717, 1.165) is 11.1 Å². The van der Waals surface area contributed by atoms with Gasteiger partial charge in [0.1, 0.15) is 0 Å². The molecule has 2 aromatic carbocycles. The zero-order chi connectivity index (χ0) is 22.1. The summed E-state index contributed by atoms with van der Waals surface area (Å²) in [7, 11) is -3.82. The number of carbonyl (C=O) groups excluding carboxylic acids is 1. The highest BCUT2D eigenvalue weighted by Gasteiger charge is 2.17. The first-order chi connectivity index (χ1) is 14.1. The number of nitrogens with zero attached hydrogens (tertiary/aromatic N) is 2. The number of nitrogens with two attached hydrogens (primary N) is 1. The maximum Gasteiger partial charge on any atom is 0.238 e. The third kappa shape index (κ3) is 5.09. The zero-order valence-corrected chi connectivity index (χ0v) is 19.4. The summed E-state index contributed by atoms with van der Waals surface area (Å²) in [5, 5.41) is 9.74. The molecule has 0 spiro atoms. The molecular formula is C19H20Cl2N4O3S2. The largest absolute Gasteiger partial charge is 0.349 e. The van der Waals surface area contributed by atoms with E-state index >= 15 is 0 Å². The summed E-state index contributed by atoms with van der Waals surface area (Å²) in [4.78, 5) is 16.9. The van der Waals surface area contributed by atoms with Gasteiger partial charge in [-0.3, -0.25) is 4.79 Å². The number of primary sulfonamides is 1. The van der Waals surface area contributed by atoms with Crippen LogP contribution in [-0.4, -0.2) is 29.6 Å². The topological polar surface area (TPSA) is 107 Å². The van der Waals surface area contributed by atoms with Crippen LogP contribution in [0.3, 0.4) is 0 Å². The van der Waals surface area contributed by atoms with Crippen LogP contribution in [0, 0.1) is 0 Å². The molecule has 0 radical (unpaired) electrons. The maximum atomic E-state index is 12.4. The molecule has 3 N–H and O–H groups in total. The summed E-state index contributed by atoms with van der Waals surface area (Å²) in [6.07, 6.45) is 0. The van der Waals surface area contributed by atoms with Crippen LogP contribution in [0.15, 0.2) is 46.5 Å². The number of fused-ring (bicyclic) bond motifs is 1. The summed E-state index contributed by atoms with van der Waals surface area (Å²) in [5.41, 5.74) is 2.05. The van der Waals surface area contributed by atoms with Crippen LogP contribution < -0.4 is 10.5 Å². The standard InChI is InChI=1S/C19H20Cl2N4O3S2/c1-3-25-17-7-5-13(30(22,27)28)9-16(17)24-19(25)29-10-18(26)23-11(2)14-6-4-12(20)8-15(14)21/h4-9,11H,3,10H2,1-2H3,(H,23,26)(H2,22,27,28). The molecule has 0 aliphatic heterocycles. The van der Waals surface area contributed by atoms with Crippen molar-refractivity contribution in [2.45, 2.75) is 36.5 Å². The molecule has 0 aliphatic rings. The Balaban J connectivity index is 1.73. The number of rotatable bonds is 7. The van der Waals surface area contributed by atoms with Gasteiger partial charge in [0, 0.05) is 16.6 Å². The normalized spacial score (nSPS) is 12.8. The van der Waals surface area contributed by atoms with Crippen molar-refractivity contribution in [1.29, 1.82) is 0 Å². The molecule has 1 atom stereocenters. The van der Waals surface area contributed by atoms with Gasteiger partial charge in [-0.15, -0.1) is 0 Å². The van der Waals surface area contributed by atoms with E-state index in [1.54, 1.807) is 24.3 Å². The monoisotopic (exact) mass is 486 g/mol. The van der Waals surface area contributed by atoms with Crippen LogP contribution in [0.5, 0.6) is 0 Å². The van der Waals surface area contributed by atoms with Crippen molar-refractivity contribution in [3.05, 3.63) is 52.0 Å². The van der Waals surface area contributed by atoms with Gasteiger partial charge in [-0.1, -0.05) is 41.0 Å². The second-order valence-corrected chi connectivity index (χ2v) is 9.93. The summed E-state index contributed by atoms with van der Waals surface area (Å²) < 4.78 is 25.1. The first kappa shape index (κ1) is 22.9. The fourth-order valence-corrected chi connectivity index (χ4v) is 5.02. The van der Waals surface area contributed by atoms with Gasteiger partial charge in [0.25, 0.3) is 0 Å². The molecule has 11 heteroatoms. The van der Waals surface area contributed by atoms with Gasteiger partial charge in [-0.2, -0.15) is 0 Å². The van der Waals surface area contributed by atoms with Gasteiger partial charge in [0.2, 0.25) is 15.9 Å². The van der Waals surface area contributed by atoms with E-state index in [1.165, 1.54) is 23.9 Å². The number of halogens is 2. The highest BCUT2D eigenvalue weighted by Crippen LogP contribution is 2.28. The predicted octanol–water partition coefficient (Wildman–Crippen LogP) is 3.98. The van der Waals surface area contributed by atoms with E-state index in [2.05, 4.69) is 10.3 Å². The Labute approximate surface area is 189 Å². The minimum atomic E-state index is -3.82. The molecule has 30 heavy (non-hydrogen) atoms. The summed E-state index contributed by atoms with van der Waals surface area (Å²) in [6, 6.07) is 9.40. The smallest absolute Gasteiger partial charge is 0.238 e. The van der Waals surface area contributed by atoms with Crippen molar-refractivity contribution in [2.75, 3.05) is 5.75 Å². The Morgan fingerprint density at radius 3 is 2.63 bits per heavy atom. The molecular weight excluding hydrogens is 467 g/mol. The first-order valence-corrected chi connectivity index (χ1v) is 12.3. The van der Waals surface area contributed by atoms with Crippen LogP contribution in [-0.2, 0) is 21.4 Å². The minimum absolute atomic E-state index is 0.00119. The first-order valence-electron chi connectivity index (χ1n) is 9.00. The SMILES string of the molecule is CCn1c(SCC(=O)NC(C)c2ccc(Cl)cc2Cl)nc2cc(S(N)(=O)=O)ccc21. The third-order valence-electron chi connectivity index (χ3n) is 4.47. The van der Waals surface area contributed by atoms with Crippen molar-refractivity contribution in [1.82, 2.24) is 14.9 Å². The number of sulfonamides is 1. The van der Waals surface area contributed by atoms with Gasteiger partial charge in [-0.05, 0) is 49.7 Å². The highest BCUT2D eigenvalue weighted by molar-refractivity contribution is 7.99. The van der Waals surface area contributed by atoms with E-state index < -0.39 is 10.0 Å². The Hall–Kier alpha value is -1.78. The average Bonchev–Trinajstić information content (AvgIpc) is 3.02. The zero-order valence-electron chi connectivity index (χ0n) is 16.2. The number of hydrogen-bond donors (Lipinski definition) is 2. The van der Waals surface area contributed by atoms with Crippen LogP contribution >= 0.6 is 35.0 Å². The van der Waals surface area contributed by atoms with Crippen molar-refractivity contribution in [3.8, 4) is 0 Å². The molecule has 1 aromatic heterocycles. The molecule has 1 heterocycles. The average molecular weight is 487 g/mol. The molecule has 1 unspecified atom stereocenters. The fourth-order valence-electron chi connectivity index (χ4n) is 3.02. The van der Waals surface area contributed by atoms with Crippen molar-refractivity contribution in [3.63, 3.8) is 0 Å².